The lowest BCUT2D eigenvalue weighted by molar-refractivity contribution is 0.262. The number of hydrogen-bond donors (Lipinski definition) is 4. The Morgan fingerprint density at radius 2 is 1.77 bits per heavy atom. The first-order chi connectivity index (χ1) is 16.7. The Kier molecular flexibility index (Phi) is 6.94. The number of aliphatic hydroxyl groups excluding tert-OH is 1. The van der Waals surface area contributed by atoms with Gasteiger partial charge in [-0.3, -0.25) is 0 Å². The number of benzene rings is 2. The van der Waals surface area contributed by atoms with Crippen LogP contribution in [-0.4, -0.2) is 58.5 Å². The number of imidazole rings is 1. The predicted octanol–water partition coefficient (Wildman–Crippen LogP) is 2.87. The molecule has 0 aliphatic heterocycles. The average molecular weight is 496 g/mol. The van der Waals surface area contributed by atoms with E-state index in [0.717, 1.165) is 6.26 Å². The number of nitrogens with one attached hydrogen (secondary N) is 3. The first-order valence-corrected chi connectivity index (χ1v) is 12.7. The lowest BCUT2D eigenvalue weighted by Crippen LogP contribution is -2.19. The van der Waals surface area contributed by atoms with E-state index in [1.807, 2.05) is 13.1 Å². The van der Waals surface area contributed by atoms with Gasteiger partial charge in [0.1, 0.15) is 5.52 Å². The summed E-state index contributed by atoms with van der Waals surface area (Å²) in [6, 6.07) is 12.6. The molecule has 0 saturated carbocycles. The van der Waals surface area contributed by atoms with E-state index in [1.165, 1.54) is 12.1 Å². The molecule has 0 bridgehead atoms. The van der Waals surface area contributed by atoms with E-state index in [4.69, 9.17) is 5.11 Å². The van der Waals surface area contributed by atoms with Gasteiger partial charge in [0.05, 0.1) is 11.2 Å². The Balaban J connectivity index is 1.56. The highest BCUT2D eigenvalue weighted by atomic mass is 32.2. The van der Waals surface area contributed by atoms with E-state index in [1.54, 1.807) is 41.2 Å². The number of urea groups is 1. The van der Waals surface area contributed by atoms with Gasteiger partial charge in [-0.15, -0.1) is 0 Å². The fraction of sp³-hybridized carbons (Fsp3) is 0.217. The molecule has 0 spiro atoms. The van der Waals surface area contributed by atoms with Gasteiger partial charge in [-0.1, -0.05) is 18.2 Å². The molecule has 4 rings (SSSR count). The summed E-state index contributed by atoms with van der Waals surface area (Å²) in [5, 5.41) is 17.7. The molecule has 11 nitrogen and oxygen atoms in total. The van der Waals surface area contributed by atoms with Gasteiger partial charge in [-0.2, -0.15) is 0 Å². The first kappa shape index (κ1) is 24.1. The summed E-state index contributed by atoms with van der Waals surface area (Å²) in [4.78, 5) is 26.2. The molecule has 0 unspecified atom stereocenters. The third-order valence-corrected chi connectivity index (χ3v) is 6.20. The number of carbonyl (C=O) groups is 1. The molecule has 0 atom stereocenters. The van der Waals surface area contributed by atoms with Crippen molar-refractivity contribution in [3.8, 4) is 11.4 Å². The molecule has 0 radical (unpaired) electrons. The molecule has 2 aromatic carbocycles. The summed E-state index contributed by atoms with van der Waals surface area (Å²) >= 11 is 0. The van der Waals surface area contributed by atoms with Crippen LogP contribution in [0.3, 0.4) is 0 Å². The second-order valence-electron chi connectivity index (χ2n) is 7.89. The number of hydrogen-bond acceptors (Lipinski definition) is 8. The van der Waals surface area contributed by atoms with Crippen LogP contribution in [0.5, 0.6) is 0 Å². The molecule has 4 aromatic rings. The van der Waals surface area contributed by atoms with Crippen LogP contribution < -0.4 is 16.0 Å². The zero-order valence-corrected chi connectivity index (χ0v) is 20.0. The molecule has 2 aromatic heterocycles. The molecule has 0 fully saturated rings. The normalized spacial score (nSPS) is 11.4. The minimum atomic E-state index is -3.39. The topological polar surface area (TPSA) is 151 Å². The molecular weight excluding hydrogens is 470 g/mol. The monoisotopic (exact) mass is 495 g/mol. The number of carbonyl (C=O) groups excluding carboxylic acids is 1. The highest BCUT2D eigenvalue weighted by Crippen LogP contribution is 2.26. The maximum absolute atomic E-state index is 12.5. The SMILES string of the molecule is Cn1cnc2c(NCCCO)nc(-c3cccc(NC(=O)Nc4cccc(S(C)(=O)=O)c4)c3)nc21. The van der Waals surface area contributed by atoms with Crippen molar-refractivity contribution in [2.75, 3.05) is 35.4 Å². The summed E-state index contributed by atoms with van der Waals surface area (Å²) in [6.07, 6.45) is 3.33. The second-order valence-corrected chi connectivity index (χ2v) is 9.90. The van der Waals surface area contributed by atoms with Crippen molar-refractivity contribution < 1.29 is 18.3 Å². The minimum Gasteiger partial charge on any atom is -0.396 e. The molecule has 4 N–H and O–H groups in total. The fourth-order valence-electron chi connectivity index (χ4n) is 3.38. The maximum Gasteiger partial charge on any atom is 0.323 e. The van der Waals surface area contributed by atoms with Crippen LogP contribution in [0, 0.1) is 0 Å². The largest absolute Gasteiger partial charge is 0.396 e. The summed E-state index contributed by atoms with van der Waals surface area (Å²) in [5.41, 5.74) is 2.80. The lowest BCUT2D eigenvalue weighted by atomic mass is 10.2. The molecule has 182 valence electrons. The first-order valence-electron chi connectivity index (χ1n) is 10.8. The Bertz CT molecular complexity index is 1480. The van der Waals surface area contributed by atoms with Crippen LogP contribution in [0.15, 0.2) is 59.8 Å². The van der Waals surface area contributed by atoms with E-state index in [0.29, 0.717) is 52.7 Å². The quantitative estimate of drug-likeness (QED) is 0.272. The third-order valence-electron chi connectivity index (χ3n) is 5.09. The van der Waals surface area contributed by atoms with Crippen LogP contribution in [0.25, 0.3) is 22.6 Å². The molecule has 0 aliphatic carbocycles. The maximum atomic E-state index is 12.5. The Labute approximate surface area is 202 Å². The van der Waals surface area contributed by atoms with Crippen molar-refractivity contribution in [1.82, 2.24) is 19.5 Å². The van der Waals surface area contributed by atoms with E-state index in [9.17, 15) is 13.2 Å². The third kappa shape index (κ3) is 5.73. The summed E-state index contributed by atoms with van der Waals surface area (Å²) in [5.74, 6) is 0.999. The van der Waals surface area contributed by atoms with Gasteiger partial charge in [0.25, 0.3) is 0 Å². The number of fused-ring (bicyclic) bond motifs is 1. The molecule has 35 heavy (non-hydrogen) atoms. The number of amides is 2. The number of anilines is 3. The summed E-state index contributed by atoms with van der Waals surface area (Å²) < 4.78 is 25.3. The number of aryl methyl sites for hydroxylation is 1. The Morgan fingerprint density at radius 1 is 1.06 bits per heavy atom. The second kappa shape index (κ2) is 10.1. The Hall–Kier alpha value is -4.03. The summed E-state index contributed by atoms with van der Waals surface area (Å²) in [6.45, 7) is 0.589. The highest BCUT2D eigenvalue weighted by Gasteiger charge is 2.14. The van der Waals surface area contributed by atoms with Crippen molar-refractivity contribution in [1.29, 1.82) is 0 Å². The molecule has 2 heterocycles. The highest BCUT2D eigenvalue weighted by molar-refractivity contribution is 7.90. The van der Waals surface area contributed by atoms with Gasteiger partial charge >= 0.3 is 6.03 Å². The van der Waals surface area contributed by atoms with Crippen molar-refractivity contribution >= 4 is 44.2 Å². The van der Waals surface area contributed by atoms with Gasteiger partial charge < -0.3 is 25.6 Å². The van der Waals surface area contributed by atoms with Crippen molar-refractivity contribution in [2.45, 2.75) is 11.3 Å². The zero-order chi connectivity index (χ0) is 25.0. The van der Waals surface area contributed by atoms with Crippen molar-refractivity contribution in [3.05, 3.63) is 54.9 Å². The van der Waals surface area contributed by atoms with Crippen molar-refractivity contribution in [3.63, 3.8) is 0 Å². The predicted molar refractivity (Wildman–Crippen MR) is 134 cm³/mol. The van der Waals surface area contributed by atoms with Crippen LogP contribution in [0.4, 0.5) is 22.0 Å². The van der Waals surface area contributed by atoms with Gasteiger partial charge in [-0.05, 0) is 36.8 Å². The minimum absolute atomic E-state index is 0.0602. The van der Waals surface area contributed by atoms with Gasteiger partial charge in [0, 0.05) is 43.4 Å². The molecular formula is C23H25N7O4S. The smallest absolute Gasteiger partial charge is 0.323 e. The number of rotatable bonds is 8. The average Bonchev–Trinajstić information content (AvgIpc) is 3.20. The van der Waals surface area contributed by atoms with Crippen LogP contribution in [-0.2, 0) is 16.9 Å². The van der Waals surface area contributed by atoms with Gasteiger partial charge in [0.2, 0.25) is 0 Å². The van der Waals surface area contributed by atoms with E-state index in [-0.39, 0.29) is 11.5 Å². The van der Waals surface area contributed by atoms with Crippen molar-refractivity contribution in [2.24, 2.45) is 7.05 Å². The molecule has 12 heteroatoms. The van der Waals surface area contributed by atoms with Gasteiger partial charge in [0.15, 0.2) is 27.1 Å². The fourth-order valence-corrected chi connectivity index (χ4v) is 4.05. The molecule has 2 amide bonds. The number of aliphatic hydroxyl groups is 1. The van der Waals surface area contributed by atoms with E-state index in [2.05, 4.69) is 30.9 Å². The number of aromatic nitrogens is 4. The molecule has 0 aliphatic rings. The van der Waals surface area contributed by atoms with Gasteiger partial charge in [-0.25, -0.2) is 28.2 Å². The van der Waals surface area contributed by atoms with Crippen LogP contribution >= 0.6 is 0 Å². The van der Waals surface area contributed by atoms with E-state index < -0.39 is 15.9 Å². The van der Waals surface area contributed by atoms with Crippen LogP contribution in [0.1, 0.15) is 6.42 Å². The standard InChI is InChI=1S/C23H25N7O4S/c1-30-14-25-19-21(24-10-5-11-31)28-20(29-22(19)30)15-6-3-7-16(12-15)26-23(32)27-17-8-4-9-18(13-17)35(2,33)34/h3-4,6-9,12-14,31H,5,10-11H2,1-2H3,(H,24,28,29)(H2,26,27,32). The van der Waals surface area contributed by atoms with E-state index >= 15 is 0 Å². The lowest BCUT2D eigenvalue weighted by Gasteiger charge is -2.11. The number of sulfone groups is 1. The zero-order valence-electron chi connectivity index (χ0n) is 19.2. The molecule has 0 saturated heterocycles. The number of nitrogens with zero attached hydrogens (tertiary/aromatic N) is 4. The Morgan fingerprint density at radius 3 is 2.49 bits per heavy atom. The van der Waals surface area contributed by atoms with Crippen LogP contribution in [0.2, 0.25) is 0 Å². The summed E-state index contributed by atoms with van der Waals surface area (Å²) in [7, 11) is -1.55.